The Hall–Kier alpha value is -0.630. The highest BCUT2D eigenvalue weighted by Gasteiger charge is 2.02. The molecule has 0 atom stereocenters. The van der Waals surface area contributed by atoms with Gasteiger partial charge in [-0.1, -0.05) is 0 Å². The lowest BCUT2D eigenvalue weighted by atomic mass is 10.5. The standard InChI is InChI=1S/C7H10IN3O2/c1-13-3-2-9-6-5(8)7(12)11-4-10-6/h4H,2-3H2,1H3,(H2,9,10,11,12). The molecule has 5 nitrogen and oxygen atoms in total. The molecule has 1 rings (SSSR count). The van der Waals surface area contributed by atoms with Gasteiger partial charge in [-0.15, -0.1) is 0 Å². The largest absolute Gasteiger partial charge is 0.383 e. The highest BCUT2D eigenvalue weighted by atomic mass is 127. The predicted molar refractivity (Wildman–Crippen MR) is 57.9 cm³/mol. The van der Waals surface area contributed by atoms with Gasteiger partial charge in [-0.3, -0.25) is 4.79 Å². The first-order chi connectivity index (χ1) is 6.25. The van der Waals surface area contributed by atoms with Crippen LogP contribution in [0.2, 0.25) is 0 Å². The molecule has 6 heteroatoms. The number of methoxy groups -OCH3 is 1. The molecule has 0 fully saturated rings. The number of aromatic amines is 1. The van der Waals surface area contributed by atoms with Crippen LogP contribution >= 0.6 is 22.6 Å². The van der Waals surface area contributed by atoms with E-state index in [1.807, 2.05) is 22.6 Å². The van der Waals surface area contributed by atoms with Gasteiger partial charge in [0.2, 0.25) is 0 Å². The first-order valence-corrected chi connectivity index (χ1v) is 4.79. The summed E-state index contributed by atoms with van der Waals surface area (Å²) in [6.07, 6.45) is 1.37. The lowest BCUT2D eigenvalue weighted by Gasteiger charge is -2.04. The van der Waals surface area contributed by atoms with Crippen LogP contribution in [0.3, 0.4) is 0 Å². The van der Waals surface area contributed by atoms with Gasteiger partial charge in [0.25, 0.3) is 5.56 Å². The fourth-order valence-electron chi connectivity index (χ4n) is 0.778. The number of H-pyrrole nitrogens is 1. The van der Waals surface area contributed by atoms with Crippen molar-refractivity contribution in [1.82, 2.24) is 9.97 Å². The molecular formula is C7H10IN3O2. The van der Waals surface area contributed by atoms with Crippen molar-refractivity contribution in [3.8, 4) is 0 Å². The quantitative estimate of drug-likeness (QED) is 0.624. The topological polar surface area (TPSA) is 67.0 Å². The van der Waals surface area contributed by atoms with E-state index in [4.69, 9.17) is 4.74 Å². The Labute approximate surface area is 89.1 Å². The fraction of sp³-hybridized carbons (Fsp3) is 0.429. The molecule has 0 aliphatic rings. The number of nitrogens with zero attached hydrogens (tertiary/aromatic N) is 1. The van der Waals surface area contributed by atoms with E-state index in [0.717, 1.165) is 0 Å². The zero-order valence-electron chi connectivity index (χ0n) is 7.13. The van der Waals surface area contributed by atoms with Gasteiger partial charge in [-0.2, -0.15) is 0 Å². The van der Waals surface area contributed by atoms with Gasteiger partial charge in [0.05, 0.1) is 12.9 Å². The zero-order valence-corrected chi connectivity index (χ0v) is 9.29. The Morgan fingerprint density at radius 1 is 1.77 bits per heavy atom. The molecule has 0 aromatic carbocycles. The van der Waals surface area contributed by atoms with E-state index in [0.29, 0.717) is 22.5 Å². The van der Waals surface area contributed by atoms with E-state index in [1.54, 1.807) is 7.11 Å². The maximum absolute atomic E-state index is 11.1. The van der Waals surface area contributed by atoms with Crippen LogP contribution in [0, 0.1) is 3.57 Å². The molecule has 1 aromatic heterocycles. The predicted octanol–water partition coefficient (Wildman–Crippen LogP) is 0.433. The molecular weight excluding hydrogens is 285 g/mol. The Bertz CT molecular complexity index is 326. The van der Waals surface area contributed by atoms with Gasteiger partial charge >= 0.3 is 0 Å². The molecule has 13 heavy (non-hydrogen) atoms. The van der Waals surface area contributed by atoms with Crippen molar-refractivity contribution in [1.29, 1.82) is 0 Å². The van der Waals surface area contributed by atoms with E-state index in [9.17, 15) is 4.79 Å². The molecule has 1 heterocycles. The minimum absolute atomic E-state index is 0.129. The Morgan fingerprint density at radius 3 is 3.23 bits per heavy atom. The van der Waals surface area contributed by atoms with Crippen LogP contribution in [0.1, 0.15) is 0 Å². The second-order valence-corrected chi connectivity index (χ2v) is 3.39. The second-order valence-electron chi connectivity index (χ2n) is 2.31. The fourth-order valence-corrected chi connectivity index (χ4v) is 1.26. The van der Waals surface area contributed by atoms with E-state index < -0.39 is 0 Å². The first-order valence-electron chi connectivity index (χ1n) is 3.71. The van der Waals surface area contributed by atoms with Crippen LogP contribution in [0.5, 0.6) is 0 Å². The Kier molecular flexibility index (Phi) is 4.16. The molecule has 2 N–H and O–H groups in total. The van der Waals surface area contributed by atoms with Gasteiger partial charge in [0.1, 0.15) is 9.39 Å². The van der Waals surface area contributed by atoms with Crippen molar-refractivity contribution >= 4 is 28.4 Å². The highest BCUT2D eigenvalue weighted by Crippen LogP contribution is 2.07. The summed E-state index contributed by atoms with van der Waals surface area (Å²) in [5, 5.41) is 2.99. The molecule has 0 bridgehead atoms. The van der Waals surface area contributed by atoms with E-state index in [-0.39, 0.29) is 5.56 Å². The van der Waals surface area contributed by atoms with E-state index >= 15 is 0 Å². The number of hydrogen-bond acceptors (Lipinski definition) is 4. The van der Waals surface area contributed by atoms with Crippen molar-refractivity contribution in [2.75, 3.05) is 25.6 Å². The monoisotopic (exact) mass is 295 g/mol. The third-order valence-electron chi connectivity index (χ3n) is 1.40. The summed E-state index contributed by atoms with van der Waals surface area (Å²) >= 11 is 1.95. The summed E-state index contributed by atoms with van der Waals surface area (Å²) in [4.78, 5) is 17.6. The molecule has 0 unspecified atom stereocenters. The molecule has 0 saturated carbocycles. The van der Waals surface area contributed by atoms with Crippen LogP contribution in [0.4, 0.5) is 5.82 Å². The Balaban J connectivity index is 2.66. The van der Waals surface area contributed by atoms with Crippen molar-refractivity contribution < 1.29 is 4.74 Å². The number of rotatable bonds is 4. The number of halogens is 1. The lowest BCUT2D eigenvalue weighted by molar-refractivity contribution is 0.210. The van der Waals surface area contributed by atoms with Crippen LogP contribution < -0.4 is 10.9 Å². The molecule has 72 valence electrons. The average molecular weight is 295 g/mol. The zero-order chi connectivity index (χ0) is 9.68. The summed E-state index contributed by atoms with van der Waals surface area (Å²) < 4.78 is 5.42. The van der Waals surface area contributed by atoms with Crippen molar-refractivity contribution in [3.05, 3.63) is 20.3 Å². The maximum Gasteiger partial charge on any atom is 0.266 e. The van der Waals surface area contributed by atoms with E-state index in [1.165, 1.54) is 6.33 Å². The van der Waals surface area contributed by atoms with Crippen molar-refractivity contribution in [2.45, 2.75) is 0 Å². The minimum atomic E-state index is -0.129. The van der Waals surface area contributed by atoms with Crippen LogP contribution in [0.15, 0.2) is 11.1 Å². The molecule has 0 aliphatic carbocycles. The third-order valence-corrected chi connectivity index (χ3v) is 2.40. The van der Waals surface area contributed by atoms with Gasteiger partial charge in [0, 0.05) is 13.7 Å². The van der Waals surface area contributed by atoms with Gasteiger partial charge in [-0.25, -0.2) is 4.98 Å². The van der Waals surface area contributed by atoms with Crippen LogP contribution in [-0.2, 0) is 4.74 Å². The number of anilines is 1. The second kappa shape index (κ2) is 5.18. The lowest BCUT2D eigenvalue weighted by Crippen LogP contribution is -2.16. The van der Waals surface area contributed by atoms with Gasteiger partial charge in [-0.05, 0) is 22.6 Å². The molecule has 0 radical (unpaired) electrons. The summed E-state index contributed by atoms with van der Waals surface area (Å²) in [6.45, 7) is 1.23. The molecule has 0 aliphatic heterocycles. The summed E-state index contributed by atoms with van der Waals surface area (Å²) in [7, 11) is 1.62. The number of ether oxygens (including phenoxy) is 1. The molecule has 0 spiro atoms. The smallest absolute Gasteiger partial charge is 0.266 e. The summed E-state index contributed by atoms with van der Waals surface area (Å²) in [6, 6.07) is 0. The summed E-state index contributed by atoms with van der Waals surface area (Å²) in [5.74, 6) is 0.599. The van der Waals surface area contributed by atoms with E-state index in [2.05, 4.69) is 15.3 Å². The molecule has 1 aromatic rings. The Morgan fingerprint density at radius 2 is 2.54 bits per heavy atom. The first kappa shape index (κ1) is 10.5. The van der Waals surface area contributed by atoms with Crippen molar-refractivity contribution in [2.24, 2.45) is 0 Å². The normalized spacial score (nSPS) is 10.0. The number of nitrogens with one attached hydrogen (secondary N) is 2. The van der Waals surface area contributed by atoms with Crippen molar-refractivity contribution in [3.63, 3.8) is 0 Å². The number of aromatic nitrogens is 2. The summed E-state index contributed by atoms with van der Waals surface area (Å²) in [5.41, 5.74) is -0.129. The van der Waals surface area contributed by atoms with Crippen LogP contribution in [-0.4, -0.2) is 30.2 Å². The number of hydrogen-bond donors (Lipinski definition) is 2. The van der Waals surface area contributed by atoms with Gasteiger partial charge in [0.15, 0.2) is 0 Å². The SMILES string of the molecule is COCCNc1nc[nH]c(=O)c1I. The average Bonchev–Trinajstić information content (AvgIpc) is 2.13. The highest BCUT2D eigenvalue weighted by molar-refractivity contribution is 14.1. The molecule has 0 saturated heterocycles. The van der Waals surface area contributed by atoms with Crippen LogP contribution in [0.25, 0.3) is 0 Å². The minimum Gasteiger partial charge on any atom is -0.383 e. The maximum atomic E-state index is 11.1. The molecule has 0 amide bonds. The van der Waals surface area contributed by atoms with Gasteiger partial charge < -0.3 is 15.0 Å². The third kappa shape index (κ3) is 2.96.